The van der Waals surface area contributed by atoms with Gasteiger partial charge in [-0.05, 0) is 0 Å². The minimum atomic E-state index is 0.852. The molecule has 0 aliphatic rings. The molecule has 0 atom stereocenters. The second-order valence-electron chi connectivity index (χ2n) is 1.75. The third kappa shape index (κ3) is 6.48. The molecular weight excluding hydrogens is 165 g/mol. The molecule has 0 unspecified atom stereocenters. The van der Waals surface area contributed by atoms with Gasteiger partial charge in [-0.25, -0.2) is 0 Å². The number of rotatable bonds is 5. The molecule has 0 spiro atoms. The van der Waals surface area contributed by atoms with Crippen molar-refractivity contribution in [1.29, 1.82) is 0 Å². The fourth-order valence-corrected chi connectivity index (χ4v) is 2.24. The Labute approximate surface area is 58.2 Å². The SMILES string of the molecule is CCCC[Se]CCN. The van der Waals surface area contributed by atoms with Crippen molar-refractivity contribution in [2.24, 2.45) is 5.73 Å². The molecule has 2 heteroatoms. The second kappa shape index (κ2) is 7.48. The van der Waals surface area contributed by atoms with Crippen molar-refractivity contribution in [3.63, 3.8) is 0 Å². The standard InChI is InChI=1S/C6H15NSe/c1-2-3-5-8-6-4-7/h2-7H2,1H3. The third-order valence-corrected chi connectivity index (χ3v) is 3.22. The molecule has 0 bridgehead atoms. The fourth-order valence-electron chi connectivity index (χ4n) is 0.432. The Bertz CT molecular complexity index is 33.5. The molecule has 0 aromatic rings. The van der Waals surface area contributed by atoms with Crippen molar-refractivity contribution in [2.75, 3.05) is 6.54 Å². The number of unbranched alkanes of at least 4 members (excludes halogenated alkanes) is 1. The van der Waals surface area contributed by atoms with E-state index in [2.05, 4.69) is 6.92 Å². The first kappa shape index (κ1) is 8.48. The Morgan fingerprint density at radius 1 is 1.38 bits per heavy atom. The van der Waals surface area contributed by atoms with E-state index in [4.69, 9.17) is 5.73 Å². The van der Waals surface area contributed by atoms with Gasteiger partial charge < -0.3 is 0 Å². The van der Waals surface area contributed by atoms with E-state index < -0.39 is 0 Å². The van der Waals surface area contributed by atoms with Crippen LogP contribution < -0.4 is 5.73 Å². The van der Waals surface area contributed by atoms with Gasteiger partial charge in [-0.15, -0.1) is 0 Å². The predicted molar refractivity (Wildman–Crippen MR) is 39.3 cm³/mol. The summed E-state index contributed by atoms with van der Waals surface area (Å²) in [6.07, 6.45) is 2.74. The van der Waals surface area contributed by atoms with Crippen LogP contribution in [0.3, 0.4) is 0 Å². The molecule has 0 rings (SSSR count). The fraction of sp³-hybridized carbons (Fsp3) is 1.00. The van der Waals surface area contributed by atoms with Crippen LogP contribution in [0.25, 0.3) is 0 Å². The summed E-state index contributed by atoms with van der Waals surface area (Å²) in [5, 5.41) is 2.70. The van der Waals surface area contributed by atoms with Crippen molar-refractivity contribution >= 4 is 15.0 Å². The van der Waals surface area contributed by atoms with Crippen LogP contribution in [0.2, 0.25) is 10.6 Å². The Morgan fingerprint density at radius 2 is 2.12 bits per heavy atom. The molecule has 0 aliphatic heterocycles. The zero-order chi connectivity index (χ0) is 6.24. The molecule has 0 aromatic carbocycles. The topological polar surface area (TPSA) is 26.0 Å². The van der Waals surface area contributed by atoms with Crippen LogP contribution in [-0.4, -0.2) is 21.5 Å². The third-order valence-electron chi connectivity index (χ3n) is 0.904. The van der Waals surface area contributed by atoms with Gasteiger partial charge in [0.05, 0.1) is 0 Å². The monoisotopic (exact) mass is 181 g/mol. The molecule has 0 aromatic heterocycles. The van der Waals surface area contributed by atoms with Crippen LogP contribution in [0.4, 0.5) is 0 Å². The van der Waals surface area contributed by atoms with Crippen LogP contribution in [0.1, 0.15) is 19.8 Å². The van der Waals surface area contributed by atoms with E-state index in [1.165, 1.54) is 23.5 Å². The van der Waals surface area contributed by atoms with Crippen LogP contribution in [-0.2, 0) is 0 Å². The van der Waals surface area contributed by atoms with Crippen LogP contribution in [0, 0.1) is 0 Å². The average Bonchev–Trinajstić information content (AvgIpc) is 1.81. The molecule has 50 valence electrons. The van der Waals surface area contributed by atoms with Gasteiger partial charge in [-0.1, -0.05) is 0 Å². The normalized spacial score (nSPS) is 9.75. The molecule has 2 N–H and O–H groups in total. The number of nitrogens with two attached hydrogens (primary N) is 1. The summed E-state index contributed by atoms with van der Waals surface area (Å²) < 4.78 is 0. The van der Waals surface area contributed by atoms with Crippen molar-refractivity contribution in [3.05, 3.63) is 0 Å². The first-order chi connectivity index (χ1) is 3.91. The molecule has 0 fully saturated rings. The van der Waals surface area contributed by atoms with Gasteiger partial charge >= 0.3 is 57.6 Å². The molecule has 0 saturated carbocycles. The summed E-state index contributed by atoms with van der Waals surface area (Å²) in [5.41, 5.74) is 5.33. The summed E-state index contributed by atoms with van der Waals surface area (Å²) in [7, 11) is 0. The number of hydrogen-bond acceptors (Lipinski definition) is 1. The average molecular weight is 180 g/mol. The summed E-state index contributed by atoms with van der Waals surface area (Å²) in [4.78, 5) is 0. The molecule has 0 saturated heterocycles. The zero-order valence-electron chi connectivity index (χ0n) is 5.52. The summed E-state index contributed by atoms with van der Waals surface area (Å²) >= 11 is 0.852. The van der Waals surface area contributed by atoms with Gasteiger partial charge in [-0.3, -0.25) is 0 Å². The van der Waals surface area contributed by atoms with Crippen molar-refractivity contribution in [2.45, 2.75) is 30.4 Å². The Balaban J connectivity index is 2.53. The van der Waals surface area contributed by atoms with Crippen molar-refractivity contribution in [1.82, 2.24) is 0 Å². The van der Waals surface area contributed by atoms with Crippen molar-refractivity contribution < 1.29 is 0 Å². The van der Waals surface area contributed by atoms with E-state index in [1.54, 1.807) is 0 Å². The van der Waals surface area contributed by atoms with E-state index >= 15 is 0 Å². The first-order valence-corrected chi connectivity index (χ1v) is 5.62. The summed E-state index contributed by atoms with van der Waals surface area (Å²) in [6, 6.07) is 0. The maximum absolute atomic E-state index is 5.33. The maximum atomic E-state index is 5.33. The molecule has 0 amide bonds. The summed E-state index contributed by atoms with van der Waals surface area (Å²) in [5.74, 6) is 0. The quantitative estimate of drug-likeness (QED) is 0.500. The van der Waals surface area contributed by atoms with Gasteiger partial charge in [0.25, 0.3) is 0 Å². The minimum absolute atomic E-state index is 0.852. The molecule has 0 heterocycles. The van der Waals surface area contributed by atoms with E-state index in [1.807, 2.05) is 0 Å². The molecule has 8 heavy (non-hydrogen) atoms. The molecular formula is C6H15NSe. The van der Waals surface area contributed by atoms with Crippen LogP contribution in [0.5, 0.6) is 0 Å². The molecule has 0 aliphatic carbocycles. The van der Waals surface area contributed by atoms with Gasteiger partial charge in [-0.2, -0.15) is 0 Å². The van der Waals surface area contributed by atoms with Gasteiger partial charge in [0.2, 0.25) is 0 Å². The second-order valence-corrected chi connectivity index (χ2v) is 4.32. The van der Waals surface area contributed by atoms with Crippen LogP contribution >= 0.6 is 0 Å². The Kier molecular flexibility index (Phi) is 7.93. The van der Waals surface area contributed by atoms with E-state index in [0.29, 0.717) is 0 Å². The number of hydrogen-bond donors (Lipinski definition) is 1. The molecule has 0 radical (unpaired) electrons. The summed E-state index contributed by atoms with van der Waals surface area (Å²) in [6.45, 7) is 3.13. The van der Waals surface area contributed by atoms with E-state index in [0.717, 1.165) is 21.5 Å². The Hall–Kier alpha value is 0.479. The van der Waals surface area contributed by atoms with Gasteiger partial charge in [0.1, 0.15) is 0 Å². The first-order valence-electron chi connectivity index (χ1n) is 3.19. The van der Waals surface area contributed by atoms with E-state index in [-0.39, 0.29) is 0 Å². The van der Waals surface area contributed by atoms with Gasteiger partial charge in [0.15, 0.2) is 0 Å². The van der Waals surface area contributed by atoms with E-state index in [9.17, 15) is 0 Å². The van der Waals surface area contributed by atoms with Crippen LogP contribution in [0.15, 0.2) is 0 Å². The molecule has 1 nitrogen and oxygen atoms in total. The van der Waals surface area contributed by atoms with Gasteiger partial charge in [0, 0.05) is 0 Å². The zero-order valence-corrected chi connectivity index (χ0v) is 7.23. The van der Waals surface area contributed by atoms with Crippen molar-refractivity contribution in [3.8, 4) is 0 Å². The Morgan fingerprint density at radius 3 is 2.62 bits per heavy atom. The predicted octanol–water partition coefficient (Wildman–Crippen LogP) is 1.29.